The van der Waals surface area contributed by atoms with Crippen molar-refractivity contribution < 1.29 is 4.79 Å². The minimum Gasteiger partial charge on any atom is -0.338 e. The van der Waals surface area contributed by atoms with Crippen molar-refractivity contribution in [1.29, 1.82) is 0 Å². The Labute approximate surface area is 148 Å². The zero-order valence-electron chi connectivity index (χ0n) is 12.0. The molecular formula is C15H13ClN2OS3. The molecule has 0 saturated carbocycles. The lowest BCUT2D eigenvalue weighted by molar-refractivity contribution is -0.122. The van der Waals surface area contributed by atoms with Crippen LogP contribution >= 0.6 is 47.3 Å². The van der Waals surface area contributed by atoms with Crippen LogP contribution in [0.4, 0.5) is 5.69 Å². The van der Waals surface area contributed by atoms with Gasteiger partial charge >= 0.3 is 0 Å². The monoisotopic (exact) mass is 368 g/mol. The van der Waals surface area contributed by atoms with Crippen LogP contribution in [0.3, 0.4) is 0 Å². The number of benzene rings is 1. The van der Waals surface area contributed by atoms with Crippen LogP contribution in [0.1, 0.15) is 6.92 Å². The Morgan fingerprint density at radius 3 is 2.77 bits per heavy atom. The molecule has 0 aliphatic carbocycles. The van der Waals surface area contributed by atoms with E-state index in [1.54, 1.807) is 16.7 Å². The lowest BCUT2D eigenvalue weighted by Gasteiger charge is -2.13. The average Bonchev–Trinajstić information content (AvgIpc) is 2.94. The molecule has 2 heterocycles. The van der Waals surface area contributed by atoms with E-state index in [0.717, 1.165) is 20.6 Å². The highest BCUT2D eigenvalue weighted by Crippen LogP contribution is 2.46. The molecule has 7 heteroatoms. The molecule has 0 atom stereocenters. The molecule has 3 nitrogen and oxygen atoms in total. The van der Waals surface area contributed by atoms with E-state index < -0.39 is 0 Å². The molecule has 2 aliphatic rings. The van der Waals surface area contributed by atoms with Gasteiger partial charge in [-0.2, -0.15) is 0 Å². The molecule has 1 amide bonds. The highest BCUT2D eigenvalue weighted by atomic mass is 35.5. The Morgan fingerprint density at radius 1 is 1.32 bits per heavy atom. The van der Waals surface area contributed by atoms with Gasteiger partial charge in [0.05, 0.1) is 15.6 Å². The fourth-order valence-corrected chi connectivity index (χ4v) is 4.74. The number of amides is 1. The van der Waals surface area contributed by atoms with Crippen molar-refractivity contribution in [3.05, 3.63) is 45.3 Å². The Kier molecular flexibility index (Phi) is 4.54. The van der Waals surface area contributed by atoms with E-state index in [2.05, 4.69) is 4.90 Å². The van der Waals surface area contributed by atoms with E-state index >= 15 is 0 Å². The normalized spacial score (nSPS) is 21.4. The van der Waals surface area contributed by atoms with Gasteiger partial charge in [-0.15, -0.1) is 0 Å². The Bertz CT molecular complexity index is 729. The van der Waals surface area contributed by atoms with Crippen LogP contribution in [-0.4, -0.2) is 28.7 Å². The summed E-state index contributed by atoms with van der Waals surface area (Å²) >= 11 is 14.3. The average molecular weight is 369 g/mol. The largest absolute Gasteiger partial charge is 0.338 e. The second-order valence-electron chi connectivity index (χ2n) is 4.73. The van der Waals surface area contributed by atoms with Gasteiger partial charge in [0.15, 0.2) is 0 Å². The number of allylic oxidation sites excluding steroid dienone is 2. The molecule has 1 fully saturated rings. The van der Waals surface area contributed by atoms with Crippen molar-refractivity contribution in [2.75, 3.05) is 18.5 Å². The van der Waals surface area contributed by atoms with E-state index in [9.17, 15) is 4.79 Å². The third-order valence-electron chi connectivity index (χ3n) is 3.39. The van der Waals surface area contributed by atoms with Crippen molar-refractivity contribution in [3.63, 3.8) is 0 Å². The predicted molar refractivity (Wildman–Crippen MR) is 99.5 cm³/mol. The number of hydrogen-bond donors (Lipinski definition) is 0. The van der Waals surface area contributed by atoms with Crippen molar-refractivity contribution in [1.82, 2.24) is 4.90 Å². The molecule has 3 rings (SSSR count). The quantitative estimate of drug-likeness (QED) is 0.565. The number of fused-ring (bicyclic) bond motifs is 1. The van der Waals surface area contributed by atoms with Crippen LogP contribution < -0.4 is 4.90 Å². The maximum absolute atomic E-state index is 12.2. The molecular weight excluding hydrogens is 356 g/mol. The second-order valence-corrected chi connectivity index (χ2v) is 7.90. The number of anilines is 1. The molecule has 0 N–H and O–H groups in total. The summed E-state index contributed by atoms with van der Waals surface area (Å²) in [7, 11) is 1.99. The SMILES string of the molecule is CCN1C(=O)C(=CC=C2Sc3ccc(Cl)cc3N2C)SC1=S. The number of carbonyl (C=O) groups is 1. The van der Waals surface area contributed by atoms with Crippen molar-refractivity contribution in [2.45, 2.75) is 11.8 Å². The number of halogens is 1. The highest BCUT2D eigenvalue weighted by molar-refractivity contribution is 8.26. The first-order valence-electron chi connectivity index (χ1n) is 6.68. The summed E-state index contributed by atoms with van der Waals surface area (Å²) in [6.45, 7) is 2.53. The van der Waals surface area contributed by atoms with E-state index in [1.807, 2.05) is 44.3 Å². The van der Waals surface area contributed by atoms with Crippen molar-refractivity contribution >= 4 is 63.3 Å². The fraction of sp³-hybridized carbons (Fsp3) is 0.200. The zero-order chi connectivity index (χ0) is 15.9. The predicted octanol–water partition coefficient (Wildman–Crippen LogP) is 4.49. The minimum atomic E-state index is -0.0134. The van der Waals surface area contributed by atoms with Crippen molar-refractivity contribution in [3.8, 4) is 0 Å². The Balaban J connectivity index is 1.85. The third kappa shape index (κ3) is 2.80. The molecule has 2 aliphatic heterocycles. The van der Waals surface area contributed by atoms with Crippen LogP contribution in [0.5, 0.6) is 0 Å². The molecule has 0 radical (unpaired) electrons. The van der Waals surface area contributed by atoms with Crippen LogP contribution in [0.25, 0.3) is 0 Å². The first-order valence-corrected chi connectivity index (χ1v) is 9.10. The van der Waals surface area contributed by atoms with Gasteiger partial charge in [-0.05, 0) is 37.3 Å². The molecule has 114 valence electrons. The smallest absolute Gasteiger partial charge is 0.266 e. The fourth-order valence-electron chi connectivity index (χ4n) is 2.22. The van der Waals surface area contributed by atoms with Crippen molar-refractivity contribution in [2.24, 2.45) is 0 Å². The number of carbonyl (C=O) groups excluding carboxylic acids is 1. The number of likely N-dealkylation sites (N-methyl/N-ethyl adjacent to an activating group) is 1. The van der Waals surface area contributed by atoms with E-state index in [1.165, 1.54) is 11.8 Å². The first-order chi connectivity index (χ1) is 10.5. The summed E-state index contributed by atoms with van der Waals surface area (Å²) < 4.78 is 0.625. The van der Waals surface area contributed by atoms with Gasteiger partial charge in [0.25, 0.3) is 5.91 Å². The molecule has 1 saturated heterocycles. The molecule has 1 aromatic rings. The highest BCUT2D eigenvalue weighted by Gasteiger charge is 2.30. The number of nitrogens with zero attached hydrogens (tertiary/aromatic N) is 2. The summed E-state index contributed by atoms with van der Waals surface area (Å²) in [6, 6.07) is 5.84. The molecule has 0 spiro atoms. The topological polar surface area (TPSA) is 23.6 Å². The molecule has 1 aromatic carbocycles. The molecule has 22 heavy (non-hydrogen) atoms. The van der Waals surface area contributed by atoms with Gasteiger partial charge in [0, 0.05) is 23.5 Å². The van der Waals surface area contributed by atoms with Gasteiger partial charge < -0.3 is 4.90 Å². The summed E-state index contributed by atoms with van der Waals surface area (Å²) in [5.74, 6) is -0.0134. The van der Waals surface area contributed by atoms with Gasteiger partial charge in [0.2, 0.25) is 0 Å². The lowest BCUT2D eigenvalue weighted by atomic mass is 10.3. The van der Waals surface area contributed by atoms with Crippen LogP contribution in [0, 0.1) is 0 Å². The number of thiocarbonyl (C=S) groups is 1. The molecule has 0 bridgehead atoms. The van der Waals surface area contributed by atoms with E-state index in [-0.39, 0.29) is 5.91 Å². The number of rotatable bonds is 2. The summed E-state index contributed by atoms with van der Waals surface area (Å²) in [5, 5.41) is 1.77. The second kappa shape index (κ2) is 6.28. The minimum absolute atomic E-state index is 0.0134. The van der Waals surface area contributed by atoms with Crippen LogP contribution in [0.15, 0.2) is 45.2 Å². The van der Waals surface area contributed by atoms with Gasteiger partial charge in [-0.1, -0.05) is 47.3 Å². The number of hydrogen-bond acceptors (Lipinski definition) is 5. The standard InChI is InChI=1S/C15H13ClN2OS3/c1-3-18-14(19)12(22-15(18)20)6-7-13-17(2)10-8-9(16)4-5-11(10)21-13/h4-8H,3H2,1-2H3. The Hall–Kier alpha value is -0.950. The maximum Gasteiger partial charge on any atom is 0.266 e. The van der Waals surface area contributed by atoms with E-state index in [4.69, 9.17) is 23.8 Å². The summed E-state index contributed by atoms with van der Waals surface area (Å²) in [5.41, 5.74) is 1.08. The number of thioether (sulfide) groups is 2. The van der Waals surface area contributed by atoms with Crippen LogP contribution in [0.2, 0.25) is 5.02 Å². The lowest BCUT2D eigenvalue weighted by Crippen LogP contribution is -2.27. The van der Waals surface area contributed by atoms with Gasteiger partial charge in [-0.3, -0.25) is 9.69 Å². The van der Waals surface area contributed by atoms with Gasteiger partial charge in [0.1, 0.15) is 4.32 Å². The Morgan fingerprint density at radius 2 is 2.09 bits per heavy atom. The first kappa shape index (κ1) is 15.9. The summed E-state index contributed by atoms with van der Waals surface area (Å²) in [6.07, 6.45) is 3.81. The van der Waals surface area contributed by atoms with E-state index in [0.29, 0.717) is 15.8 Å². The van der Waals surface area contributed by atoms with Gasteiger partial charge in [-0.25, -0.2) is 0 Å². The zero-order valence-corrected chi connectivity index (χ0v) is 15.2. The maximum atomic E-state index is 12.2. The summed E-state index contributed by atoms with van der Waals surface area (Å²) in [4.78, 5) is 17.7. The molecule has 0 aromatic heterocycles. The van der Waals surface area contributed by atoms with Crippen LogP contribution in [-0.2, 0) is 4.79 Å². The molecule has 0 unspecified atom stereocenters. The third-order valence-corrected chi connectivity index (χ3v) is 6.21.